The van der Waals surface area contributed by atoms with E-state index in [9.17, 15) is 0 Å². The van der Waals surface area contributed by atoms with Crippen LogP contribution >= 0.6 is 0 Å². The van der Waals surface area contributed by atoms with Crippen LogP contribution in [0, 0.1) is 0 Å². The van der Waals surface area contributed by atoms with Crippen LogP contribution in [0.5, 0.6) is 0 Å². The van der Waals surface area contributed by atoms with Crippen LogP contribution in [-0.2, 0) is 5.41 Å². The second kappa shape index (κ2) is 17.2. The molecular weight excluding hydrogens is 843 g/mol. The van der Waals surface area contributed by atoms with Gasteiger partial charge >= 0.3 is 0 Å². The Kier molecular flexibility index (Phi) is 10.1. The molecule has 0 unspecified atom stereocenters. The standard InChI is InChI=1S/C69H47N/c1-6-23-48(24-7-1)57-35-19-21-40-66(57)70(56-42-44-61-60-37-18-20-39-64(60)69(65(61)47-56,53-30-12-4-13-31-53)54-32-14-5-15-33-54)55-34-22-29-51(45-55)52-41-43-59-58-36-16-17-38-62(58)67(49-25-8-2-9-26-49)68(63(59)46-52)50-27-10-3-11-28-50/h1-47H. The number of hydrogen-bond acceptors (Lipinski definition) is 1. The molecule has 0 amide bonds. The molecule has 0 N–H and O–H groups in total. The van der Waals surface area contributed by atoms with E-state index >= 15 is 0 Å². The molecule has 0 heterocycles. The predicted molar refractivity (Wildman–Crippen MR) is 295 cm³/mol. The number of nitrogens with zero attached hydrogens (tertiary/aromatic N) is 1. The number of benzene rings is 12. The highest BCUT2D eigenvalue weighted by molar-refractivity contribution is 6.22. The van der Waals surface area contributed by atoms with Crippen molar-refractivity contribution in [3.8, 4) is 55.6 Å². The zero-order valence-electron chi connectivity index (χ0n) is 38.6. The molecule has 1 aliphatic carbocycles. The average Bonchev–Trinajstić information content (AvgIpc) is 3.74. The van der Waals surface area contributed by atoms with E-state index in [4.69, 9.17) is 0 Å². The maximum absolute atomic E-state index is 2.48. The van der Waals surface area contributed by atoms with Crippen molar-refractivity contribution < 1.29 is 0 Å². The molecule has 1 nitrogen and oxygen atoms in total. The lowest BCUT2D eigenvalue weighted by Crippen LogP contribution is -2.28. The maximum atomic E-state index is 2.48. The van der Waals surface area contributed by atoms with Gasteiger partial charge in [-0.25, -0.2) is 0 Å². The van der Waals surface area contributed by atoms with Crippen LogP contribution in [0.15, 0.2) is 285 Å². The van der Waals surface area contributed by atoms with E-state index in [1.54, 1.807) is 0 Å². The number of para-hydroxylation sites is 1. The van der Waals surface area contributed by atoms with Crippen LogP contribution < -0.4 is 4.90 Å². The van der Waals surface area contributed by atoms with E-state index < -0.39 is 5.41 Å². The summed E-state index contributed by atoms with van der Waals surface area (Å²) >= 11 is 0. The van der Waals surface area contributed by atoms with Gasteiger partial charge in [0.2, 0.25) is 0 Å². The molecule has 0 saturated carbocycles. The van der Waals surface area contributed by atoms with E-state index in [-0.39, 0.29) is 0 Å². The molecule has 0 fully saturated rings. The Morgan fingerprint density at radius 1 is 0.243 bits per heavy atom. The lowest BCUT2D eigenvalue weighted by molar-refractivity contribution is 0.768. The van der Waals surface area contributed by atoms with E-state index in [1.165, 1.54) is 82.7 Å². The normalized spacial score (nSPS) is 12.4. The van der Waals surface area contributed by atoms with E-state index in [2.05, 4.69) is 290 Å². The van der Waals surface area contributed by atoms with Crippen molar-refractivity contribution in [2.24, 2.45) is 0 Å². The molecule has 1 heteroatoms. The minimum absolute atomic E-state index is 0.540. The topological polar surface area (TPSA) is 3.24 Å². The molecule has 328 valence electrons. The molecule has 12 aromatic carbocycles. The summed E-state index contributed by atoms with van der Waals surface area (Å²) in [6.07, 6.45) is 0. The zero-order valence-corrected chi connectivity index (χ0v) is 38.6. The SMILES string of the molecule is c1ccc(-c2ccccc2N(c2cccc(-c3ccc4c(c3)c(-c3ccccc3)c(-c3ccccc3)c3ccccc34)c2)c2ccc3c(c2)C(c2ccccc2)(c2ccccc2)c2ccccc2-3)cc1. The van der Waals surface area contributed by atoms with Gasteiger partial charge in [0.1, 0.15) is 0 Å². The van der Waals surface area contributed by atoms with Gasteiger partial charge in [0, 0.05) is 16.9 Å². The first-order valence-corrected chi connectivity index (χ1v) is 24.3. The van der Waals surface area contributed by atoms with Gasteiger partial charge in [0.05, 0.1) is 11.1 Å². The third-order valence-electron chi connectivity index (χ3n) is 14.5. The first-order valence-electron chi connectivity index (χ1n) is 24.3. The van der Waals surface area contributed by atoms with Crippen molar-refractivity contribution in [3.63, 3.8) is 0 Å². The fraction of sp³-hybridized carbons (Fsp3) is 0.0145. The van der Waals surface area contributed by atoms with Gasteiger partial charge < -0.3 is 4.90 Å². The molecule has 0 saturated heterocycles. The van der Waals surface area contributed by atoms with E-state index in [0.717, 1.165) is 33.8 Å². The number of hydrogen-bond donors (Lipinski definition) is 0. The minimum atomic E-state index is -0.540. The minimum Gasteiger partial charge on any atom is -0.310 e. The van der Waals surface area contributed by atoms with Gasteiger partial charge in [-0.3, -0.25) is 0 Å². The van der Waals surface area contributed by atoms with Gasteiger partial charge in [-0.05, 0) is 130 Å². The Bertz CT molecular complexity index is 3820. The van der Waals surface area contributed by atoms with Gasteiger partial charge in [-0.15, -0.1) is 0 Å². The number of fused-ring (bicyclic) bond motifs is 6. The highest BCUT2D eigenvalue weighted by Gasteiger charge is 2.46. The van der Waals surface area contributed by atoms with E-state index in [1.807, 2.05) is 0 Å². The van der Waals surface area contributed by atoms with Gasteiger partial charge in [0.15, 0.2) is 0 Å². The van der Waals surface area contributed by atoms with Crippen LogP contribution in [-0.4, -0.2) is 0 Å². The molecule has 0 spiro atoms. The van der Waals surface area contributed by atoms with Crippen LogP contribution in [0.3, 0.4) is 0 Å². The predicted octanol–water partition coefficient (Wildman–Crippen LogP) is 18.5. The third kappa shape index (κ3) is 6.70. The van der Waals surface area contributed by atoms with Crippen molar-refractivity contribution in [2.75, 3.05) is 4.90 Å². The quantitative estimate of drug-likeness (QED) is 0.131. The first kappa shape index (κ1) is 41.2. The lowest BCUT2D eigenvalue weighted by atomic mass is 9.67. The summed E-state index contributed by atoms with van der Waals surface area (Å²) in [5, 5.41) is 4.98. The number of rotatable bonds is 9. The van der Waals surface area contributed by atoms with Crippen molar-refractivity contribution in [2.45, 2.75) is 5.41 Å². The first-order chi connectivity index (χ1) is 34.8. The summed E-state index contributed by atoms with van der Waals surface area (Å²) in [6.45, 7) is 0. The highest BCUT2D eigenvalue weighted by atomic mass is 15.1. The average molecular weight is 890 g/mol. The monoisotopic (exact) mass is 889 g/mol. The highest BCUT2D eigenvalue weighted by Crippen LogP contribution is 2.57. The molecule has 12 aromatic rings. The summed E-state index contributed by atoms with van der Waals surface area (Å²) in [6, 6.07) is 105. The molecule has 0 bridgehead atoms. The summed E-state index contributed by atoms with van der Waals surface area (Å²) < 4.78 is 0. The van der Waals surface area contributed by atoms with Gasteiger partial charge in [-0.1, -0.05) is 249 Å². The second-order valence-electron chi connectivity index (χ2n) is 18.3. The van der Waals surface area contributed by atoms with Crippen molar-refractivity contribution >= 4 is 38.6 Å². The Morgan fingerprint density at radius 2 is 0.714 bits per heavy atom. The zero-order chi connectivity index (χ0) is 46.4. The molecule has 0 atom stereocenters. The lowest BCUT2D eigenvalue weighted by Gasteiger charge is -2.35. The van der Waals surface area contributed by atoms with Crippen LogP contribution in [0.4, 0.5) is 17.1 Å². The summed E-state index contributed by atoms with van der Waals surface area (Å²) in [5.74, 6) is 0. The molecular formula is C69H47N. The van der Waals surface area contributed by atoms with E-state index in [0.29, 0.717) is 0 Å². The summed E-state index contributed by atoms with van der Waals surface area (Å²) in [7, 11) is 0. The molecule has 1 aliphatic rings. The third-order valence-corrected chi connectivity index (χ3v) is 14.5. The van der Waals surface area contributed by atoms with Crippen molar-refractivity contribution in [3.05, 3.63) is 307 Å². The Morgan fingerprint density at radius 3 is 1.39 bits per heavy atom. The Balaban J connectivity index is 1.05. The molecule has 0 aliphatic heterocycles. The molecule has 70 heavy (non-hydrogen) atoms. The van der Waals surface area contributed by atoms with Crippen molar-refractivity contribution in [1.29, 1.82) is 0 Å². The fourth-order valence-electron chi connectivity index (χ4n) is 11.5. The summed E-state index contributed by atoms with van der Waals surface area (Å²) in [4.78, 5) is 2.48. The van der Waals surface area contributed by atoms with Crippen LogP contribution in [0.25, 0.3) is 77.2 Å². The van der Waals surface area contributed by atoms with Gasteiger partial charge in [-0.2, -0.15) is 0 Å². The van der Waals surface area contributed by atoms with Gasteiger partial charge in [0.25, 0.3) is 0 Å². The number of anilines is 3. The largest absolute Gasteiger partial charge is 0.310 e. The molecule has 0 radical (unpaired) electrons. The van der Waals surface area contributed by atoms with Crippen LogP contribution in [0.2, 0.25) is 0 Å². The molecule has 0 aromatic heterocycles. The smallest absolute Gasteiger partial charge is 0.0714 e. The Hall–Kier alpha value is -9.04. The van der Waals surface area contributed by atoms with Crippen molar-refractivity contribution in [1.82, 2.24) is 0 Å². The molecule has 13 rings (SSSR count). The van der Waals surface area contributed by atoms with Crippen LogP contribution in [0.1, 0.15) is 22.3 Å². The Labute approximate surface area is 409 Å². The summed E-state index contributed by atoms with van der Waals surface area (Å²) in [5.41, 5.74) is 19.9. The maximum Gasteiger partial charge on any atom is 0.0714 e. The fourth-order valence-corrected chi connectivity index (χ4v) is 11.5. The second-order valence-corrected chi connectivity index (χ2v) is 18.3.